The van der Waals surface area contributed by atoms with Gasteiger partial charge in [0.1, 0.15) is 6.54 Å². The van der Waals surface area contributed by atoms with E-state index in [2.05, 4.69) is 34.6 Å². The van der Waals surface area contributed by atoms with Crippen LogP contribution in [-0.2, 0) is 11.3 Å². The van der Waals surface area contributed by atoms with Crippen molar-refractivity contribution in [3.8, 4) is 11.4 Å². The van der Waals surface area contributed by atoms with Crippen LogP contribution >= 0.6 is 0 Å². The minimum atomic E-state index is -0.108. The molecule has 6 nitrogen and oxygen atoms in total. The average Bonchev–Trinajstić information content (AvgIpc) is 2.88. The van der Waals surface area contributed by atoms with Gasteiger partial charge in [0.05, 0.1) is 0 Å². The molecule has 1 aromatic carbocycles. The number of carbonyl (C=O) groups excluding carboxylic acids is 1. The van der Waals surface area contributed by atoms with E-state index in [-0.39, 0.29) is 18.5 Å². The van der Waals surface area contributed by atoms with E-state index in [0.717, 1.165) is 5.56 Å². The molecule has 1 unspecified atom stereocenters. The first kappa shape index (κ1) is 14.2. The van der Waals surface area contributed by atoms with Crippen LogP contribution in [0.2, 0.25) is 0 Å². The maximum Gasteiger partial charge on any atom is 0.243 e. The van der Waals surface area contributed by atoms with Crippen LogP contribution in [0, 0.1) is 5.92 Å². The molecular formula is C14H19N5O. The lowest BCUT2D eigenvalue weighted by Gasteiger charge is -2.16. The molecule has 0 saturated heterocycles. The van der Waals surface area contributed by atoms with Gasteiger partial charge < -0.3 is 5.32 Å². The van der Waals surface area contributed by atoms with Gasteiger partial charge in [0, 0.05) is 11.6 Å². The lowest BCUT2D eigenvalue weighted by atomic mass is 10.1. The first-order valence-corrected chi connectivity index (χ1v) is 6.69. The van der Waals surface area contributed by atoms with Crippen molar-refractivity contribution in [1.29, 1.82) is 0 Å². The molecule has 1 amide bonds. The minimum absolute atomic E-state index is 0.0803. The quantitative estimate of drug-likeness (QED) is 0.896. The van der Waals surface area contributed by atoms with Crippen molar-refractivity contribution in [2.24, 2.45) is 5.92 Å². The van der Waals surface area contributed by atoms with Gasteiger partial charge in [-0.3, -0.25) is 4.79 Å². The van der Waals surface area contributed by atoms with Crippen LogP contribution in [0.1, 0.15) is 20.8 Å². The minimum Gasteiger partial charge on any atom is -0.352 e. The number of hydrogen-bond donors (Lipinski definition) is 1. The van der Waals surface area contributed by atoms with Crippen LogP contribution in [0.4, 0.5) is 0 Å². The molecule has 0 fully saturated rings. The fourth-order valence-electron chi connectivity index (χ4n) is 1.61. The smallest absolute Gasteiger partial charge is 0.243 e. The zero-order chi connectivity index (χ0) is 14.5. The van der Waals surface area contributed by atoms with E-state index in [1.165, 1.54) is 4.80 Å². The third-order valence-electron chi connectivity index (χ3n) is 3.16. The Morgan fingerprint density at radius 2 is 1.95 bits per heavy atom. The van der Waals surface area contributed by atoms with Crippen molar-refractivity contribution in [2.45, 2.75) is 33.4 Å². The second kappa shape index (κ2) is 6.27. The molecule has 20 heavy (non-hydrogen) atoms. The highest BCUT2D eigenvalue weighted by Crippen LogP contribution is 2.11. The summed E-state index contributed by atoms with van der Waals surface area (Å²) in [6, 6.07) is 9.68. The summed E-state index contributed by atoms with van der Waals surface area (Å²) in [7, 11) is 0. The normalized spacial score (nSPS) is 12.4. The van der Waals surface area contributed by atoms with Crippen LogP contribution in [0.3, 0.4) is 0 Å². The maximum absolute atomic E-state index is 11.8. The molecular weight excluding hydrogens is 254 g/mol. The Balaban J connectivity index is 1.98. The van der Waals surface area contributed by atoms with Crippen LogP contribution in [0.5, 0.6) is 0 Å². The number of hydrogen-bond acceptors (Lipinski definition) is 4. The molecule has 1 atom stereocenters. The van der Waals surface area contributed by atoms with Gasteiger partial charge in [-0.25, -0.2) is 0 Å². The predicted molar refractivity (Wildman–Crippen MR) is 75.7 cm³/mol. The first-order valence-electron chi connectivity index (χ1n) is 6.69. The molecule has 0 aliphatic rings. The molecule has 1 heterocycles. The number of rotatable bonds is 5. The summed E-state index contributed by atoms with van der Waals surface area (Å²) in [4.78, 5) is 13.1. The van der Waals surface area contributed by atoms with E-state index >= 15 is 0 Å². The molecule has 0 aliphatic carbocycles. The molecule has 0 saturated carbocycles. The molecule has 0 aliphatic heterocycles. The third-order valence-corrected chi connectivity index (χ3v) is 3.16. The standard InChI is InChI=1S/C14H19N5O/c1-10(2)11(3)15-13(20)9-19-17-14(16-18-19)12-7-5-4-6-8-12/h4-8,10-11H,9H2,1-3H3,(H,15,20). The summed E-state index contributed by atoms with van der Waals surface area (Å²) < 4.78 is 0. The topological polar surface area (TPSA) is 72.7 Å². The Hall–Kier alpha value is -2.24. The van der Waals surface area contributed by atoms with Crippen molar-refractivity contribution in [2.75, 3.05) is 0 Å². The molecule has 106 valence electrons. The predicted octanol–water partition coefficient (Wildman–Crippen LogP) is 1.50. The van der Waals surface area contributed by atoms with E-state index in [0.29, 0.717) is 11.7 Å². The Kier molecular flexibility index (Phi) is 4.45. The van der Waals surface area contributed by atoms with Crippen molar-refractivity contribution < 1.29 is 4.79 Å². The van der Waals surface area contributed by atoms with E-state index in [1.807, 2.05) is 37.3 Å². The average molecular weight is 273 g/mol. The second-order valence-electron chi connectivity index (χ2n) is 5.11. The van der Waals surface area contributed by atoms with E-state index in [9.17, 15) is 4.79 Å². The fourth-order valence-corrected chi connectivity index (χ4v) is 1.61. The van der Waals surface area contributed by atoms with Crippen molar-refractivity contribution in [3.63, 3.8) is 0 Å². The monoisotopic (exact) mass is 273 g/mol. The lowest BCUT2D eigenvalue weighted by molar-refractivity contribution is -0.123. The Morgan fingerprint density at radius 3 is 2.60 bits per heavy atom. The zero-order valence-corrected chi connectivity index (χ0v) is 11.9. The van der Waals surface area contributed by atoms with Gasteiger partial charge in [0.2, 0.25) is 11.7 Å². The number of amides is 1. The fraction of sp³-hybridized carbons (Fsp3) is 0.429. The van der Waals surface area contributed by atoms with Gasteiger partial charge in [-0.2, -0.15) is 4.80 Å². The van der Waals surface area contributed by atoms with Gasteiger partial charge in [-0.1, -0.05) is 44.2 Å². The second-order valence-corrected chi connectivity index (χ2v) is 5.11. The first-order chi connectivity index (χ1) is 9.56. The van der Waals surface area contributed by atoms with Crippen LogP contribution in [0.15, 0.2) is 30.3 Å². The van der Waals surface area contributed by atoms with Gasteiger partial charge in [0.15, 0.2) is 0 Å². The van der Waals surface area contributed by atoms with E-state index in [1.54, 1.807) is 0 Å². The Bertz CT molecular complexity index is 564. The molecule has 1 aromatic heterocycles. The van der Waals surface area contributed by atoms with E-state index in [4.69, 9.17) is 0 Å². The highest BCUT2D eigenvalue weighted by atomic mass is 16.2. The van der Waals surface area contributed by atoms with E-state index < -0.39 is 0 Å². The third kappa shape index (κ3) is 3.63. The molecule has 0 radical (unpaired) electrons. The lowest BCUT2D eigenvalue weighted by Crippen LogP contribution is -2.38. The van der Waals surface area contributed by atoms with Crippen molar-refractivity contribution >= 4 is 5.91 Å². The molecule has 6 heteroatoms. The van der Waals surface area contributed by atoms with Crippen molar-refractivity contribution in [1.82, 2.24) is 25.5 Å². The summed E-state index contributed by atoms with van der Waals surface area (Å²) in [5.41, 5.74) is 0.884. The van der Waals surface area contributed by atoms with Crippen LogP contribution < -0.4 is 5.32 Å². The number of tetrazole rings is 1. The Labute approximate surface area is 118 Å². The maximum atomic E-state index is 11.8. The summed E-state index contributed by atoms with van der Waals surface area (Å²) >= 11 is 0. The molecule has 2 aromatic rings. The van der Waals surface area contributed by atoms with Crippen LogP contribution in [0.25, 0.3) is 11.4 Å². The largest absolute Gasteiger partial charge is 0.352 e. The number of nitrogens with zero attached hydrogens (tertiary/aromatic N) is 4. The van der Waals surface area contributed by atoms with Gasteiger partial charge in [-0.05, 0) is 18.1 Å². The number of nitrogens with one attached hydrogen (secondary N) is 1. The number of aromatic nitrogens is 4. The number of benzene rings is 1. The van der Waals surface area contributed by atoms with Crippen LogP contribution in [-0.4, -0.2) is 32.2 Å². The molecule has 2 rings (SSSR count). The number of carbonyl (C=O) groups is 1. The highest BCUT2D eigenvalue weighted by molar-refractivity contribution is 5.75. The highest BCUT2D eigenvalue weighted by Gasteiger charge is 2.13. The molecule has 0 bridgehead atoms. The van der Waals surface area contributed by atoms with Gasteiger partial charge >= 0.3 is 0 Å². The Morgan fingerprint density at radius 1 is 1.25 bits per heavy atom. The summed E-state index contributed by atoms with van der Waals surface area (Å²) in [5.74, 6) is 0.807. The van der Waals surface area contributed by atoms with Gasteiger partial charge in [0.25, 0.3) is 0 Å². The van der Waals surface area contributed by atoms with Gasteiger partial charge in [-0.15, -0.1) is 10.2 Å². The summed E-state index contributed by atoms with van der Waals surface area (Å²) in [5, 5.41) is 15.0. The zero-order valence-electron chi connectivity index (χ0n) is 11.9. The SMILES string of the molecule is CC(C)C(C)NC(=O)Cn1nnc(-c2ccccc2)n1. The van der Waals surface area contributed by atoms with Crippen molar-refractivity contribution in [3.05, 3.63) is 30.3 Å². The molecule has 1 N–H and O–H groups in total. The molecule has 0 spiro atoms. The summed E-state index contributed by atoms with van der Waals surface area (Å²) in [6.07, 6.45) is 0. The summed E-state index contributed by atoms with van der Waals surface area (Å²) in [6.45, 7) is 6.18.